The molecule has 0 aliphatic carbocycles. The van der Waals surface area contributed by atoms with E-state index >= 15 is 0 Å². The number of carbonyl (C=O) groups excluding carboxylic acids is 1. The Morgan fingerprint density at radius 1 is 1.17 bits per heavy atom. The van der Waals surface area contributed by atoms with Gasteiger partial charge in [0, 0.05) is 31.6 Å². The maximum Gasteiger partial charge on any atom is 0.255 e. The molecule has 0 saturated carbocycles. The van der Waals surface area contributed by atoms with E-state index < -0.39 is 0 Å². The molecular weight excluding hydrogens is 446 g/mol. The van der Waals surface area contributed by atoms with Gasteiger partial charge in [0.25, 0.3) is 5.91 Å². The summed E-state index contributed by atoms with van der Waals surface area (Å²) in [5.41, 5.74) is 8.27. The highest BCUT2D eigenvalue weighted by atomic mass is 35.5. The molecule has 5 rings (SSSR count). The molecule has 5 nitrogen and oxygen atoms in total. The minimum atomic E-state index is -0.213. The van der Waals surface area contributed by atoms with Crippen molar-refractivity contribution in [2.75, 3.05) is 32.4 Å². The zero-order valence-corrected chi connectivity index (χ0v) is 18.8. The van der Waals surface area contributed by atoms with E-state index in [1.165, 1.54) is 17.4 Å². The summed E-state index contributed by atoms with van der Waals surface area (Å²) < 4.78 is 14.6. The van der Waals surface area contributed by atoms with Crippen molar-refractivity contribution in [2.45, 2.75) is 6.04 Å². The second-order valence-corrected chi connectivity index (χ2v) is 8.81. The molecule has 0 spiro atoms. The van der Waals surface area contributed by atoms with Crippen LogP contribution in [0.15, 0.2) is 42.5 Å². The van der Waals surface area contributed by atoms with E-state index in [-0.39, 0.29) is 42.6 Å². The fourth-order valence-corrected chi connectivity index (χ4v) is 5.76. The first-order valence-electron chi connectivity index (χ1n) is 9.41. The van der Waals surface area contributed by atoms with E-state index in [1.807, 2.05) is 29.2 Å². The SMILES string of the molecule is CN1C[C@H]2CN(C(=O)c3cccc4nc(N)sc34)C[C@H]2[C@@H]1c1cccc(F)c1.Cl.Cl. The van der Waals surface area contributed by atoms with Gasteiger partial charge in [0.2, 0.25) is 0 Å². The monoisotopic (exact) mass is 468 g/mol. The van der Waals surface area contributed by atoms with Gasteiger partial charge in [0.05, 0.1) is 15.8 Å². The van der Waals surface area contributed by atoms with E-state index in [2.05, 4.69) is 16.9 Å². The number of fused-ring (bicyclic) bond motifs is 2. The predicted octanol–water partition coefficient (Wildman–Crippen LogP) is 4.24. The molecule has 0 bridgehead atoms. The van der Waals surface area contributed by atoms with Crippen molar-refractivity contribution in [2.24, 2.45) is 11.8 Å². The van der Waals surface area contributed by atoms with Crippen LogP contribution in [0.25, 0.3) is 10.2 Å². The summed E-state index contributed by atoms with van der Waals surface area (Å²) >= 11 is 1.36. The molecule has 2 aliphatic rings. The number of hydrogen-bond donors (Lipinski definition) is 1. The van der Waals surface area contributed by atoms with Gasteiger partial charge in [-0.25, -0.2) is 9.37 Å². The van der Waals surface area contributed by atoms with Gasteiger partial charge in [-0.2, -0.15) is 0 Å². The van der Waals surface area contributed by atoms with Crippen LogP contribution in [-0.4, -0.2) is 47.4 Å². The van der Waals surface area contributed by atoms with Gasteiger partial charge in [-0.1, -0.05) is 29.5 Å². The zero-order chi connectivity index (χ0) is 19.4. The third-order valence-corrected chi connectivity index (χ3v) is 6.97. The van der Waals surface area contributed by atoms with Crippen LogP contribution in [0.4, 0.5) is 9.52 Å². The van der Waals surface area contributed by atoms with Gasteiger partial charge in [0.15, 0.2) is 5.13 Å². The Morgan fingerprint density at radius 3 is 2.70 bits per heavy atom. The molecule has 3 heterocycles. The van der Waals surface area contributed by atoms with Crippen molar-refractivity contribution in [1.82, 2.24) is 14.8 Å². The van der Waals surface area contributed by atoms with Crippen molar-refractivity contribution in [3.05, 3.63) is 59.4 Å². The molecule has 2 aromatic carbocycles. The maximum absolute atomic E-state index is 13.8. The minimum absolute atomic E-state index is 0. The quantitative estimate of drug-likeness (QED) is 0.610. The summed E-state index contributed by atoms with van der Waals surface area (Å²) in [7, 11) is 2.08. The van der Waals surface area contributed by atoms with E-state index in [1.54, 1.807) is 12.1 Å². The highest BCUT2D eigenvalue weighted by Gasteiger charge is 2.47. The predicted molar refractivity (Wildman–Crippen MR) is 123 cm³/mol. The molecule has 2 fully saturated rings. The van der Waals surface area contributed by atoms with Crippen molar-refractivity contribution >= 4 is 57.4 Å². The van der Waals surface area contributed by atoms with Crippen LogP contribution < -0.4 is 5.73 Å². The van der Waals surface area contributed by atoms with Gasteiger partial charge in [-0.15, -0.1) is 24.8 Å². The summed E-state index contributed by atoms with van der Waals surface area (Å²) in [6.45, 7) is 2.32. The lowest BCUT2D eigenvalue weighted by Crippen LogP contribution is -2.33. The van der Waals surface area contributed by atoms with E-state index in [0.29, 0.717) is 29.1 Å². The topological polar surface area (TPSA) is 62.5 Å². The Hall–Kier alpha value is -1.93. The van der Waals surface area contributed by atoms with Crippen molar-refractivity contribution in [3.8, 4) is 0 Å². The number of carbonyl (C=O) groups is 1. The Labute approximate surface area is 190 Å². The Bertz CT molecular complexity index is 1080. The molecule has 0 radical (unpaired) electrons. The normalized spacial score (nSPS) is 23.1. The van der Waals surface area contributed by atoms with Gasteiger partial charge in [0.1, 0.15) is 5.82 Å². The molecule has 160 valence electrons. The highest BCUT2D eigenvalue weighted by Crippen LogP contribution is 2.44. The Morgan fingerprint density at radius 2 is 1.93 bits per heavy atom. The number of amides is 1. The van der Waals surface area contributed by atoms with Crippen molar-refractivity contribution in [1.29, 1.82) is 0 Å². The second kappa shape index (κ2) is 8.67. The smallest absolute Gasteiger partial charge is 0.255 e. The summed E-state index contributed by atoms with van der Waals surface area (Å²) in [6.07, 6.45) is 0. The summed E-state index contributed by atoms with van der Waals surface area (Å²) in [4.78, 5) is 21.8. The number of nitrogens with zero attached hydrogens (tertiary/aromatic N) is 3. The largest absolute Gasteiger partial charge is 0.375 e. The molecule has 3 atom stereocenters. The fourth-order valence-electron chi connectivity index (χ4n) is 4.92. The van der Waals surface area contributed by atoms with Gasteiger partial charge in [-0.05, 0) is 42.8 Å². The number of likely N-dealkylation sites (tertiary alicyclic amines) is 2. The summed E-state index contributed by atoms with van der Waals surface area (Å²) in [5.74, 6) is 0.522. The molecule has 30 heavy (non-hydrogen) atoms. The Balaban J connectivity index is 0.00000128. The van der Waals surface area contributed by atoms with Crippen LogP contribution in [0.2, 0.25) is 0 Å². The molecular formula is C21H23Cl2FN4OS. The van der Waals surface area contributed by atoms with Crippen LogP contribution in [0.5, 0.6) is 0 Å². The van der Waals surface area contributed by atoms with Gasteiger partial charge < -0.3 is 10.6 Å². The number of thiazole rings is 1. The average molecular weight is 469 g/mol. The van der Waals surface area contributed by atoms with Gasteiger partial charge in [-0.3, -0.25) is 9.69 Å². The molecule has 1 amide bonds. The number of benzene rings is 2. The van der Waals surface area contributed by atoms with Gasteiger partial charge >= 0.3 is 0 Å². The maximum atomic E-state index is 13.8. The number of halogens is 3. The molecule has 2 N–H and O–H groups in total. The number of hydrogen-bond acceptors (Lipinski definition) is 5. The fraction of sp³-hybridized carbons (Fsp3) is 0.333. The first-order chi connectivity index (χ1) is 13.5. The number of nitrogens with two attached hydrogens (primary N) is 1. The van der Waals surface area contributed by atoms with Crippen LogP contribution in [0.3, 0.4) is 0 Å². The molecule has 2 aliphatic heterocycles. The van der Waals surface area contributed by atoms with E-state index in [4.69, 9.17) is 5.73 Å². The van der Waals surface area contributed by atoms with Crippen LogP contribution >= 0.6 is 36.2 Å². The number of anilines is 1. The Kier molecular flexibility index (Phi) is 6.57. The van der Waals surface area contributed by atoms with Crippen LogP contribution in [0, 0.1) is 17.7 Å². The lowest BCUT2D eigenvalue weighted by molar-refractivity contribution is 0.0770. The first-order valence-corrected chi connectivity index (χ1v) is 10.2. The molecule has 3 aromatic rings. The lowest BCUT2D eigenvalue weighted by atomic mass is 9.89. The van der Waals surface area contributed by atoms with E-state index in [0.717, 1.165) is 28.9 Å². The third-order valence-electron chi connectivity index (χ3n) is 6.03. The lowest BCUT2D eigenvalue weighted by Gasteiger charge is -2.27. The second-order valence-electron chi connectivity index (χ2n) is 7.78. The minimum Gasteiger partial charge on any atom is -0.375 e. The van der Waals surface area contributed by atoms with E-state index in [9.17, 15) is 9.18 Å². The van der Waals surface area contributed by atoms with Crippen molar-refractivity contribution in [3.63, 3.8) is 0 Å². The summed E-state index contributed by atoms with van der Waals surface area (Å²) in [6, 6.07) is 12.6. The number of aromatic nitrogens is 1. The van der Waals surface area contributed by atoms with Crippen molar-refractivity contribution < 1.29 is 9.18 Å². The third kappa shape index (κ3) is 3.75. The molecule has 0 unspecified atom stereocenters. The first kappa shape index (κ1) is 22.7. The van der Waals surface area contributed by atoms with Crippen LogP contribution in [-0.2, 0) is 0 Å². The summed E-state index contributed by atoms with van der Waals surface area (Å²) in [5, 5.41) is 0.473. The molecule has 2 saturated heterocycles. The van der Waals surface area contributed by atoms with Crippen LogP contribution in [0.1, 0.15) is 22.0 Å². The average Bonchev–Trinajstić information content (AvgIpc) is 3.31. The molecule has 9 heteroatoms. The number of rotatable bonds is 2. The standard InChI is InChI=1S/C21H21FN4OS.2ClH/c1-25-9-13-10-26(11-16(13)18(25)12-4-2-5-14(22)8-12)20(27)15-6-3-7-17-19(15)28-21(23)24-17;;/h2-8,13,16,18H,9-11H2,1H3,(H2,23,24);2*1H/t13-,16+,18-;;/m0../s1. The highest BCUT2D eigenvalue weighted by molar-refractivity contribution is 7.22. The number of nitrogen functional groups attached to an aromatic ring is 1. The zero-order valence-electron chi connectivity index (χ0n) is 16.3. The molecule has 1 aromatic heterocycles.